The Kier molecular flexibility index (Phi) is 7.32. The minimum Gasteiger partial charge on any atom is -0.399 e. The molecule has 0 aliphatic carbocycles. The first kappa shape index (κ1) is 22.1. The molecule has 0 amide bonds. The van der Waals surface area contributed by atoms with E-state index < -0.39 is 11.0 Å². The third-order valence-corrected chi connectivity index (χ3v) is 6.19. The second-order valence-electron chi connectivity index (χ2n) is 6.14. The van der Waals surface area contributed by atoms with Crippen molar-refractivity contribution >= 4 is 56.3 Å². The first-order chi connectivity index (χ1) is 14.5. The smallest absolute Gasteiger partial charge is 0.151 e. The van der Waals surface area contributed by atoms with Gasteiger partial charge in [0, 0.05) is 28.5 Å². The predicted octanol–water partition coefficient (Wildman–Crippen LogP) is 6.95. The van der Waals surface area contributed by atoms with Crippen molar-refractivity contribution in [3.63, 3.8) is 0 Å². The standard InChI is InChI=1S/C21H15Cl2N3OS.C2H6/c22-18-7-6-15(26-28(27)20-8-5-14(24)11-19(20)23)12-17(18)21-16-4-2-1-3-13(16)9-10-25-21;1-2/h1-12,26H,24H2;1-2H3. The van der Waals surface area contributed by atoms with Crippen molar-refractivity contribution in [2.45, 2.75) is 18.7 Å². The van der Waals surface area contributed by atoms with Gasteiger partial charge in [-0.2, -0.15) is 0 Å². The molecule has 7 heteroatoms. The van der Waals surface area contributed by atoms with Crippen LogP contribution in [-0.2, 0) is 11.0 Å². The lowest BCUT2D eigenvalue weighted by Gasteiger charge is -2.12. The van der Waals surface area contributed by atoms with Gasteiger partial charge in [0.05, 0.1) is 20.6 Å². The van der Waals surface area contributed by atoms with Crippen molar-refractivity contribution in [2.75, 3.05) is 10.5 Å². The highest BCUT2D eigenvalue weighted by atomic mass is 35.5. The number of pyridine rings is 1. The van der Waals surface area contributed by atoms with E-state index in [4.69, 9.17) is 28.9 Å². The maximum atomic E-state index is 12.7. The van der Waals surface area contributed by atoms with Crippen LogP contribution in [0.4, 0.5) is 11.4 Å². The van der Waals surface area contributed by atoms with Crippen LogP contribution in [0.2, 0.25) is 10.0 Å². The van der Waals surface area contributed by atoms with Crippen molar-refractivity contribution in [2.24, 2.45) is 0 Å². The molecule has 3 N–H and O–H groups in total. The number of nitrogens with two attached hydrogens (primary N) is 1. The van der Waals surface area contributed by atoms with Crippen LogP contribution in [0.25, 0.3) is 22.0 Å². The molecule has 1 heterocycles. The van der Waals surface area contributed by atoms with Gasteiger partial charge in [0.15, 0.2) is 11.0 Å². The number of halogens is 2. The van der Waals surface area contributed by atoms with E-state index in [0.29, 0.717) is 26.3 Å². The van der Waals surface area contributed by atoms with Crippen molar-refractivity contribution in [1.29, 1.82) is 0 Å². The summed E-state index contributed by atoms with van der Waals surface area (Å²) >= 11 is 12.6. The number of nitrogen functional groups attached to an aromatic ring is 1. The van der Waals surface area contributed by atoms with E-state index in [1.165, 1.54) is 0 Å². The molecule has 0 aliphatic rings. The second-order valence-corrected chi connectivity index (χ2v) is 8.13. The molecule has 0 saturated heterocycles. The van der Waals surface area contributed by atoms with Crippen LogP contribution >= 0.6 is 23.2 Å². The SMILES string of the molecule is CC.Nc1ccc(S(=O)Nc2ccc(Cl)c(-c3nccc4ccccc34)c2)c(Cl)c1. The minimum atomic E-state index is -1.55. The summed E-state index contributed by atoms with van der Waals surface area (Å²) in [4.78, 5) is 4.97. The van der Waals surface area contributed by atoms with E-state index in [2.05, 4.69) is 9.71 Å². The van der Waals surface area contributed by atoms with Crippen molar-refractivity contribution in [1.82, 2.24) is 4.98 Å². The number of hydrogen-bond donors (Lipinski definition) is 2. The van der Waals surface area contributed by atoms with Crippen molar-refractivity contribution < 1.29 is 4.21 Å². The summed E-state index contributed by atoms with van der Waals surface area (Å²) < 4.78 is 15.7. The summed E-state index contributed by atoms with van der Waals surface area (Å²) in [7, 11) is -1.55. The molecule has 1 aromatic heterocycles. The number of hydrogen-bond acceptors (Lipinski definition) is 3. The van der Waals surface area contributed by atoms with Gasteiger partial charge in [-0.25, -0.2) is 4.21 Å². The number of benzene rings is 3. The molecule has 0 spiro atoms. The summed E-state index contributed by atoms with van der Waals surface area (Å²) in [5.74, 6) is 0. The Labute approximate surface area is 188 Å². The Hall–Kier alpha value is -2.60. The lowest BCUT2D eigenvalue weighted by Crippen LogP contribution is -2.06. The summed E-state index contributed by atoms with van der Waals surface area (Å²) in [6, 6.07) is 20.1. The molecule has 4 rings (SSSR count). The maximum Gasteiger partial charge on any atom is 0.151 e. The number of fused-ring (bicyclic) bond motifs is 1. The average molecular weight is 458 g/mol. The zero-order chi connectivity index (χ0) is 21.7. The lowest BCUT2D eigenvalue weighted by atomic mass is 10.0. The third-order valence-electron chi connectivity index (χ3n) is 4.26. The highest BCUT2D eigenvalue weighted by molar-refractivity contribution is 7.86. The molecule has 154 valence electrons. The average Bonchev–Trinajstić information content (AvgIpc) is 2.76. The van der Waals surface area contributed by atoms with Gasteiger partial charge in [-0.05, 0) is 47.9 Å². The van der Waals surface area contributed by atoms with E-state index in [-0.39, 0.29) is 0 Å². The van der Waals surface area contributed by atoms with Gasteiger partial charge >= 0.3 is 0 Å². The molecule has 30 heavy (non-hydrogen) atoms. The largest absolute Gasteiger partial charge is 0.399 e. The number of nitrogens with zero attached hydrogens (tertiary/aromatic N) is 1. The molecule has 0 fully saturated rings. The molecule has 1 atom stereocenters. The van der Waals surface area contributed by atoms with Crippen LogP contribution < -0.4 is 10.5 Å². The van der Waals surface area contributed by atoms with E-state index in [0.717, 1.165) is 22.0 Å². The molecular formula is C23H21Cl2N3OS. The van der Waals surface area contributed by atoms with Gasteiger partial charge in [0.25, 0.3) is 0 Å². The van der Waals surface area contributed by atoms with Gasteiger partial charge in [-0.1, -0.05) is 61.3 Å². The van der Waals surface area contributed by atoms with Crippen LogP contribution in [0.1, 0.15) is 13.8 Å². The fourth-order valence-electron chi connectivity index (χ4n) is 2.93. The summed E-state index contributed by atoms with van der Waals surface area (Å²) in [6.45, 7) is 4.00. The maximum absolute atomic E-state index is 12.7. The normalized spacial score (nSPS) is 11.5. The minimum absolute atomic E-state index is 0.343. The monoisotopic (exact) mass is 457 g/mol. The predicted molar refractivity (Wildman–Crippen MR) is 129 cm³/mol. The van der Waals surface area contributed by atoms with Crippen LogP contribution in [0, 0.1) is 0 Å². The molecule has 4 aromatic rings. The number of aromatic nitrogens is 1. The Morgan fingerprint density at radius 2 is 1.70 bits per heavy atom. The van der Waals surface area contributed by atoms with Crippen LogP contribution in [-0.4, -0.2) is 9.19 Å². The summed E-state index contributed by atoms with van der Waals surface area (Å²) in [5, 5.41) is 2.97. The third kappa shape index (κ3) is 4.75. The summed E-state index contributed by atoms with van der Waals surface area (Å²) in [5.41, 5.74) is 8.38. The van der Waals surface area contributed by atoms with Gasteiger partial charge < -0.3 is 10.5 Å². The number of nitrogens with one attached hydrogen (secondary N) is 1. The fraction of sp³-hybridized carbons (Fsp3) is 0.0870. The first-order valence-electron chi connectivity index (χ1n) is 9.40. The van der Waals surface area contributed by atoms with Crippen LogP contribution in [0.15, 0.2) is 77.8 Å². The molecule has 0 bridgehead atoms. The Balaban J connectivity index is 0.00000124. The Bertz CT molecular complexity index is 1210. The fourth-order valence-corrected chi connectivity index (χ4v) is 4.42. The van der Waals surface area contributed by atoms with Crippen LogP contribution in [0.5, 0.6) is 0 Å². The highest BCUT2D eigenvalue weighted by Crippen LogP contribution is 2.34. The van der Waals surface area contributed by atoms with Crippen molar-refractivity contribution in [3.05, 3.63) is 83.0 Å². The lowest BCUT2D eigenvalue weighted by molar-refractivity contribution is 0.686. The van der Waals surface area contributed by atoms with Gasteiger partial charge in [-0.15, -0.1) is 0 Å². The molecule has 3 aromatic carbocycles. The van der Waals surface area contributed by atoms with E-state index in [1.807, 2.05) is 50.2 Å². The van der Waals surface area contributed by atoms with Gasteiger partial charge in [0.2, 0.25) is 0 Å². The molecule has 0 radical (unpaired) electrons. The molecule has 0 saturated carbocycles. The van der Waals surface area contributed by atoms with Gasteiger partial charge in [0.1, 0.15) is 0 Å². The van der Waals surface area contributed by atoms with E-state index in [9.17, 15) is 4.21 Å². The van der Waals surface area contributed by atoms with E-state index >= 15 is 0 Å². The Morgan fingerprint density at radius 3 is 2.47 bits per heavy atom. The number of anilines is 2. The molecule has 4 nitrogen and oxygen atoms in total. The zero-order valence-corrected chi connectivity index (χ0v) is 18.9. The quantitative estimate of drug-likeness (QED) is 0.325. The molecular weight excluding hydrogens is 437 g/mol. The topological polar surface area (TPSA) is 68.0 Å². The highest BCUT2D eigenvalue weighted by Gasteiger charge is 2.13. The first-order valence-corrected chi connectivity index (χ1v) is 11.3. The Morgan fingerprint density at radius 1 is 0.933 bits per heavy atom. The van der Waals surface area contributed by atoms with Crippen LogP contribution in [0.3, 0.4) is 0 Å². The number of rotatable bonds is 4. The second kappa shape index (κ2) is 9.94. The molecule has 1 unspecified atom stereocenters. The summed E-state index contributed by atoms with van der Waals surface area (Å²) in [6.07, 6.45) is 1.75. The van der Waals surface area contributed by atoms with E-state index in [1.54, 1.807) is 36.5 Å². The van der Waals surface area contributed by atoms with Crippen molar-refractivity contribution in [3.8, 4) is 11.3 Å². The zero-order valence-electron chi connectivity index (χ0n) is 16.5. The molecule has 0 aliphatic heterocycles. The van der Waals surface area contributed by atoms with Gasteiger partial charge in [-0.3, -0.25) is 4.98 Å².